The molecular weight excluding hydrogens is 178 g/mol. The Morgan fingerprint density at radius 3 is 2.69 bits per heavy atom. The lowest BCUT2D eigenvalue weighted by Gasteiger charge is -2.07. The summed E-state index contributed by atoms with van der Waals surface area (Å²) in [4.78, 5) is 0. The average molecular weight is 201 g/mol. The molecule has 1 aliphatic rings. The topological polar surface area (TPSA) is 12.0 Å². The first-order valence-corrected chi connectivity index (χ1v) is 6.81. The Hall–Kier alpha value is 0.310. The molecule has 0 radical (unpaired) electrons. The van der Waals surface area contributed by atoms with Crippen molar-refractivity contribution in [3.8, 4) is 0 Å². The molecule has 13 heavy (non-hydrogen) atoms. The number of hydrogen-bond donors (Lipinski definition) is 1. The summed E-state index contributed by atoms with van der Waals surface area (Å²) in [5.41, 5.74) is 0. The van der Waals surface area contributed by atoms with Crippen LogP contribution in [0.15, 0.2) is 0 Å². The Kier molecular flexibility index (Phi) is 6.73. The van der Waals surface area contributed by atoms with E-state index in [2.05, 4.69) is 17.1 Å². The maximum Gasteiger partial charge on any atom is -0.00391 e. The van der Waals surface area contributed by atoms with Crippen LogP contribution in [-0.2, 0) is 0 Å². The zero-order valence-corrected chi connectivity index (χ0v) is 9.67. The summed E-state index contributed by atoms with van der Waals surface area (Å²) in [6.07, 6.45) is 8.72. The Morgan fingerprint density at radius 1 is 1.23 bits per heavy atom. The van der Waals surface area contributed by atoms with Crippen molar-refractivity contribution in [2.45, 2.75) is 38.5 Å². The Labute approximate surface area is 87.1 Å². The quantitative estimate of drug-likeness (QED) is 0.636. The molecular formula is C11H23NS. The molecule has 2 heteroatoms. The van der Waals surface area contributed by atoms with Gasteiger partial charge in [0, 0.05) is 0 Å². The van der Waals surface area contributed by atoms with E-state index >= 15 is 0 Å². The fourth-order valence-corrected chi connectivity index (χ4v) is 3.17. The highest BCUT2D eigenvalue weighted by molar-refractivity contribution is 7.99. The molecule has 0 aromatic carbocycles. The molecule has 0 unspecified atom stereocenters. The highest BCUT2D eigenvalue weighted by Gasteiger charge is 2.13. The van der Waals surface area contributed by atoms with Crippen molar-refractivity contribution >= 4 is 11.8 Å². The largest absolute Gasteiger partial charge is 0.320 e. The van der Waals surface area contributed by atoms with Gasteiger partial charge >= 0.3 is 0 Å². The first-order valence-electron chi connectivity index (χ1n) is 5.66. The van der Waals surface area contributed by atoms with Crippen molar-refractivity contribution in [2.24, 2.45) is 5.92 Å². The summed E-state index contributed by atoms with van der Waals surface area (Å²) in [5, 5.41) is 3.19. The molecule has 0 aliphatic heterocycles. The van der Waals surface area contributed by atoms with Gasteiger partial charge < -0.3 is 5.32 Å². The highest BCUT2D eigenvalue weighted by Crippen LogP contribution is 2.27. The molecule has 0 atom stereocenters. The normalized spacial score (nSPS) is 18.2. The van der Waals surface area contributed by atoms with Crippen LogP contribution in [0.25, 0.3) is 0 Å². The highest BCUT2D eigenvalue weighted by atomic mass is 32.2. The van der Waals surface area contributed by atoms with Crippen molar-refractivity contribution in [2.75, 3.05) is 25.1 Å². The Balaban J connectivity index is 1.78. The predicted octanol–water partition coefficient (Wildman–Crippen LogP) is 2.91. The van der Waals surface area contributed by atoms with Crippen LogP contribution < -0.4 is 5.32 Å². The number of nitrogens with one attached hydrogen (secondary N) is 1. The zero-order valence-electron chi connectivity index (χ0n) is 8.85. The molecule has 1 rings (SSSR count). The fraction of sp³-hybridized carbons (Fsp3) is 1.00. The van der Waals surface area contributed by atoms with E-state index in [-0.39, 0.29) is 0 Å². The van der Waals surface area contributed by atoms with Crippen molar-refractivity contribution in [1.29, 1.82) is 0 Å². The minimum absolute atomic E-state index is 1.06. The lowest BCUT2D eigenvalue weighted by molar-refractivity contribution is 0.622. The van der Waals surface area contributed by atoms with Gasteiger partial charge in [-0.25, -0.2) is 0 Å². The average Bonchev–Trinajstić information content (AvgIpc) is 2.63. The monoisotopic (exact) mass is 201 g/mol. The van der Waals surface area contributed by atoms with E-state index in [9.17, 15) is 0 Å². The Morgan fingerprint density at radius 2 is 2.00 bits per heavy atom. The summed E-state index contributed by atoms with van der Waals surface area (Å²) in [7, 11) is 2.03. The van der Waals surface area contributed by atoms with Crippen molar-refractivity contribution in [3.05, 3.63) is 0 Å². The van der Waals surface area contributed by atoms with Gasteiger partial charge in [-0.05, 0) is 56.7 Å². The van der Waals surface area contributed by atoms with Gasteiger partial charge in [0.2, 0.25) is 0 Å². The molecule has 78 valence electrons. The SMILES string of the molecule is CNCCCCSCC1CCCC1. The summed E-state index contributed by atoms with van der Waals surface area (Å²) < 4.78 is 0. The molecule has 0 spiro atoms. The summed E-state index contributed by atoms with van der Waals surface area (Å²) in [6.45, 7) is 1.18. The molecule has 1 aliphatic carbocycles. The molecule has 1 N–H and O–H groups in total. The summed E-state index contributed by atoms with van der Waals surface area (Å²) in [5.74, 6) is 3.87. The van der Waals surface area contributed by atoms with Crippen LogP contribution >= 0.6 is 11.8 Å². The Bertz CT molecular complexity index is 111. The van der Waals surface area contributed by atoms with Gasteiger partial charge in [-0.15, -0.1) is 0 Å². The van der Waals surface area contributed by atoms with E-state index in [0.29, 0.717) is 0 Å². The maximum atomic E-state index is 3.19. The number of hydrogen-bond acceptors (Lipinski definition) is 2. The van der Waals surface area contributed by atoms with Gasteiger partial charge in [-0.2, -0.15) is 11.8 Å². The second kappa shape index (κ2) is 7.69. The van der Waals surface area contributed by atoms with Crippen LogP contribution in [0.3, 0.4) is 0 Å². The molecule has 0 aromatic heterocycles. The fourth-order valence-electron chi connectivity index (χ4n) is 1.93. The van der Waals surface area contributed by atoms with Crippen LogP contribution in [0, 0.1) is 5.92 Å². The van der Waals surface area contributed by atoms with E-state index in [1.54, 1.807) is 0 Å². The van der Waals surface area contributed by atoms with Crippen LogP contribution in [-0.4, -0.2) is 25.1 Å². The van der Waals surface area contributed by atoms with E-state index in [1.165, 1.54) is 56.6 Å². The third kappa shape index (κ3) is 5.58. The van der Waals surface area contributed by atoms with Crippen LogP contribution in [0.5, 0.6) is 0 Å². The van der Waals surface area contributed by atoms with Gasteiger partial charge in [-0.1, -0.05) is 12.8 Å². The van der Waals surface area contributed by atoms with Gasteiger partial charge in [-0.3, -0.25) is 0 Å². The molecule has 0 heterocycles. The van der Waals surface area contributed by atoms with Gasteiger partial charge in [0.25, 0.3) is 0 Å². The second-order valence-electron chi connectivity index (χ2n) is 4.04. The zero-order chi connectivity index (χ0) is 9.36. The lowest BCUT2D eigenvalue weighted by atomic mass is 10.1. The molecule has 0 saturated heterocycles. The van der Waals surface area contributed by atoms with Crippen LogP contribution in [0.1, 0.15) is 38.5 Å². The van der Waals surface area contributed by atoms with Crippen LogP contribution in [0.2, 0.25) is 0 Å². The van der Waals surface area contributed by atoms with Crippen molar-refractivity contribution in [3.63, 3.8) is 0 Å². The third-order valence-corrected chi connectivity index (χ3v) is 4.08. The molecule has 0 bridgehead atoms. The molecule has 1 nitrogen and oxygen atoms in total. The van der Waals surface area contributed by atoms with Crippen molar-refractivity contribution < 1.29 is 0 Å². The van der Waals surface area contributed by atoms with Gasteiger partial charge in [0.1, 0.15) is 0 Å². The van der Waals surface area contributed by atoms with Gasteiger partial charge in [0.15, 0.2) is 0 Å². The second-order valence-corrected chi connectivity index (χ2v) is 5.19. The maximum absolute atomic E-state index is 3.19. The van der Waals surface area contributed by atoms with E-state index in [0.717, 1.165) is 5.92 Å². The van der Waals surface area contributed by atoms with Crippen molar-refractivity contribution in [1.82, 2.24) is 5.32 Å². The molecule has 0 amide bonds. The molecule has 0 aromatic rings. The number of rotatable bonds is 7. The lowest BCUT2D eigenvalue weighted by Crippen LogP contribution is -2.07. The van der Waals surface area contributed by atoms with E-state index in [1.807, 2.05) is 7.05 Å². The minimum Gasteiger partial charge on any atom is -0.320 e. The smallest absolute Gasteiger partial charge is 0.00391 e. The summed E-state index contributed by atoms with van der Waals surface area (Å²) >= 11 is 2.17. The number of unbranched alkanes of at least 4 members (excludes halogenated alkanes) is 1. The van der Waals surface area contributed by atoms with Gasteiger partial charge in [0.05, 0.1) is 0 Å². The first-order chi connectivity index (χ1) is 6.43. The van der Waals surface area contributed by atoms with Crippen LogP contribution in [0.4, 0.5) is 0 Å². The number of thioether (sulfide) groups is 1. The standard InChI is InChI=1S/C11H23NS/c1-12-8-4-5-9-13-10-11-6-2-3-7-11/h11-12H,2-10H2,1H3. The predicted molar refractivity (Wildman–Crippen MR) is 62.4 cm³/mol. The minimum atomic E-state index is 1.06. The van der Waals surface area contributed by atoms with E-state index in [4.69, 9.17) is 0 Å². The molecule has 1 fully saturated rings. The van der Waals surface area contributed by atoms with E-state index < -0.39 is 0 Å². The summed E-state index contributed by atoms with van der Waals surface area (Å²) in [6, 6.07) is 0. The molecule has 1 saturated carbocycles. The first kappa shape index (κ1) is 11.4. The third-order valence-electron chi connectivity index (χ3n) is 2.79.